The second-order valence-corrected chi connectivity index (χ2v) is 7.92. The van der Waals surface area contributed by atoms with E-state index in [1.165, 1.54) is 52.8 Å². The summed E-state index contributed by atoms with van der Waals surface area (Å²) >= 11 is 1.72. The maximum atomic E-state index is 6.13. The first-order chi connectivity index (χ1) is 12.8. The number of fused-ring (bicyclic) bond motifs is 2. The number of nitrogens with two attached hydrogens (primary N) is 1. The molecule has 0 saturated heterocycles. The molecule has 2 heterocycles. The number of hydrogen-bond donors (Lipinski definition) is 1. The van der Waals surface area contributed by atoms with Crippen molar-refractivity contribution in [3.63, 3.8) is 0 Å². The average molecular weight is 359 g/mol. The summed E-state index contributed by atoms with van der Waals surface area (Å²) in [6, 6.07) is 17.3. The Labute approximate surface area is 157 Å². The van der Waals surface area contributed by atoms with E-state index in [-0.39, 0.29) is 0 Å². The van der Waals surface area contributed by atoms with E-state index in [1.54, 1.807) is 11.3 Å². The normalized spacial score (nSPS) is 13.9. The first-order valence-corrected chi connectivity index (χ1v) is 10.0. The highest BCUT2D eigenvalue weighted by Crippen LogP contribution is 2.34. The van der Waals surface area contributed by atoms with Crippen LogP contribution in [0.15, 0.2) is 54.7 Å². The van der Waals surface area contributed by atoms with E-state index >= 15 is 0 Å². The van der Waals surface area contributed by atoms with E-state index < -0.39 is 0 Å². The predicted molar refractivity (Wildman–Crippen MR) is 108 cm³/mol. The van der Waals surface area contributed by atoms with Gasteiger partial charge in [-0.15, -0.1) is 0 Å². The van der Waals surface area contributed by atoms with Crippen molar-refractivity contribution in [1.29, 1.82) is 0 Å². The van der Waals surface area contributed by atoms with E-state index in [0.29, 0.717) is 6.54 Å². The Balaban J connectivity index is 1.61. The highest BCUT2D eigenvalue weighted by Gasteiger charge is 2.18. The molecule has 0 amide bonds. The largest absolute Gasteiger partial charge is 0.325 e. The summed E-state index contributed by atoms with van der Waals surface area (Å²) in [4.78, 5) is 7.18. The van der Waals surface area contributed by atoms with E-state index in [2.05, 4.69) is 53.1 Å². The summed E-state index contributed by atoms with van der Waals surface area (Å²) in [5.74, 6) is 0. The van der Waals surface area contributed by atoms with E-state index in [0.717, 1.165) is 16.3 Å². The number of benzene rings is 2. The Bertz CT molecular complexity index is 1080. The lowest BCUT2D eigenvalue weighted by Gasteiger charge is -2.16. The fourth-order valence-electron chi connectivity index (χ4n) is 3.93. The second kappa shape index (κ2) is 6.38. The van der Waals surface area contributed by atoms with Crippen molar-refractivity contribution in [3.8, 4) is 21.7 Å². The van der Waals surface area contributed by atoms with Gasteiger partial charge in [0.2, 0.25) is 0 Å². The highest BCUT2D eigenvalue weighted by molar-refractivity contribution is 7.20. The SMILES string of the molecule is NCc1c(-c2ccc3c(c2)CCCC3)nc2sc(-c3ccccc3)cn12. The smallest absolute Gasteiger partial charge is 0.195 e. The van der Waals surface area contributed by atoms with Gasteiger partial charge in [0.1, 0.15) is 0 Å². The molecule has 0 fully saturated rings. The van der Waals surface area contributed by atoms with Crippen molar-refractivity contribution >= 4 is 16.3 Å². The number of aromatic nitrogens is 2. The number of rotatable bonds is 3. The molecule has 3 nitrogen and oxygen atoms in total. The third-order valence-corrected chi connectivity index (χ3v) is 6.33. The van der Waals surface area contributed by atoms with Crippen LogP contribution in [0.5, 0.6) is 0 Å². The quantitative estimate of drug-likeness (QED) is 0.555. The molecule has 2 aromatic carbocycles. The summed E-state index contributed by atoms with van der Waals surface area (Å²) < 4.78 is 2.17. The van der Waals surface area contributed by atoms with Crippen LogP contribution >= 0.6 is 11.3 Å². The molecule has 4 aromatic rings. The van der Waals surface area contributed by atoms with Crippen molar-refractivity contribution in [2.45, 2.75) is 32.2 Å². The molecule has 1 aliphatic rings. The van der Waals surface area contributed by atoms with E-state index in [4.69, 9.17) is 10.7 Å². The average Bonchev–Trinajstić information content (AvgIpc) is 3.26. The monoisotopic (exact) mass is 359 g/mol. The molecule has 0 saturated carbocycles. The van der Waals surface area contributed by atoms with Crippen LogP contribution in [0.1, 0.15) is 29.7 Å². The minimum atomic E-state index is 0.485. The fraction of sp³-hybridized carbons (Fsp3) is 0.227. The Hall–Kier alpha value is -2.43. The number of imidazole rings is 1. The van der Waals surface area contributed by atoms with Crippen LogP contribution in [-0.4, -0.2) is 9.38 Å². The van der Waals surface area contributed by atoms with Gasteiger partial charge in [0, 0.05) is 18.3 Å². The van der Waals surface area contributed by atoms with Crippen molar-refractivity contribution in [1.82, 2.24) is 9.38 Å². The van der Waals surface area contributed by atoms with Crippen LogP contribution in [0.25, 0.3) is 26.7 Å². The molecule has 26 heavy (non-hydrogen) atoms. The third kappa shape index (κ3) is 2.57. The van der Waals surface area contributed by atoms with Gasteiger partial charge in [-0.25, -0.2) is 4.98 Å². The third-order valence-electron chi connectivity index (χ3n) is 5.30. The highest BCUT2D eigenvalue weighted by atomic mass is 32.1. The number of thiazole rings is 1. The van der Waals surface area contributed by atoms with Gasteiger partial charge in [0.05, 0.1) is 16.3 Å². The van der Waals surface area contributed by atoms with Crippen molar-refractivity contribution in [3.05, 3.63) is 71.5 Å². The summed E-state index contributed by atoms with van der Waals surface area (Å²) in [5.41, 5.74) is 13.7. The van der Waals surface area contributed by atoms with Crippen molar-refractivity contribution in [2.24, 2.45) is 5.73 Å². The van der Waals surface area contributed by atoms with Crippen LogP contribution in [0.4, 0.5) is 0 Å². The summed E-state index contributed by atoms with van der Waals surface area (Å²) in [5, 5.41) is 0. The lowest BCUT2D eigenvalue weighted by molar-refractivity contribution is 0.686. The molecule has 0 unspecified atom stereocenters. The molecule has 4 heteroatoms. The van der Waals surface area contributed by atoms with Gasteiger partial charge < -0.3 is 5.73 Å². The maximum Gasteiger partial charge on any atom is 0.195 e. The van der Waals surface area contributed by atoms with Gasteiger partial charge in [-0.05, 0) is 48.4 Å². The molecule has 0 radical (unpaired) electrons. The molecule has 0 atom stereocenters. The Morgan fingerprint density at radius 1 is 0.962 bits per heavy atom. The van der Waals surface area contributed by atoms with E-state index in [1.807, 2.05) is 6.07 Å². The molecule has 0 aliphatic heterocycles. The zero-order valence-corrected chi connectivity index (χ0v) is 15.4. The Morgan fingerprint density at radius 3 is 2.58 bits per heavy atom. The lowest BCUT2D eigenvalue weighted by Crippen LogP contribution is -2.04. The zero-order valence-electron chi connectivity index (χ0n) is 14.6. The standard InChI is InChI=1S/C22H21N3S/c23-13-19-21(18-11-10-15-6-4-5-9-17(15)12-18)24-22-25(19)14-20(26-22)16-7-2-1-3-8-16/h1-3,7-8,10-12,14H,4-6,9,13,23H2. The van der Waals surface area contributed by atoms with Crippen LogP contribution in [0.3, 0.4) is 0 Å². The predicted octanol–water partition coefficient (Wildman–Crippen LogP) is 5.07. The molecule has 5 rings (SSSR count). The first kappa shape index (κ1) is 15.8. The first-order valence-electron chi connectivity index (χ1n) is 9.22. The molecule has 0 spiro atoms. The number of aryl methyl sites for hydroxylation is 2. The second-order valence-electron chi connectivity index (χ2n) is 6.92. The molecule has 0 bridgehead atoms. The molecule has 2 aromatic heterocycles. The summed E-state index contributed by atoms with van der Waals surface area (Å²) in [6.07, 6.45) is 7.16. The van der Waals surface area contributed by atoms with Gasteiger partial charge in [-0.2, -0.15) is 0 Å². The van der Waals surface area contributed by atoms with Crippen LogP contribution in [0, 0.1) is 0 Å². The Morgan fingerprint density at radius 2 is 1.77 bits per heavy atom. The Kier molecular flexibility index (Phi) is 3.88. The fourth-order valence-corrected chi connectivity index (χ4v) is 4.94. The topological polar surface area (TPSA) is 43.3 Å². The van der Waals surface area contributed by atoms with Gasteiger partial charge in [-0.1, -0.05) is 53.8 Å². The van der Waals surface area contributed by atoms with Crippen LogP contribution in [-0.2, 0) is 19.4 Å². The van der Waals surface area contributed by atoms with Crippen molar-refractivity contribution in [2.75, 3.05) is 0 Å². The summed E-state index contributed by atoms with van der Waals surface area (Å²) in [6.45, 7) is 0.485. The van der Waals surface area contributed by atoms with Crippen LogP contribution in [0.2, 0.25) is 0 Å². The van der Waals surface area contributed by atoms with Gasteiger partial charge in [0.25, 0.3) is 0 Å². The van der Waals surface area contributed by atoms with E-state index in [9.17, 15) is 0 Å². The maximum absolute atomic E-state index is 6.13. The minimum Gasteiger partial charge on any atom is -0.325 e. The van der Waals surface area contributed by atoms with Gasteiger partial charge in [0.15, 0.2) is 4.96 Å². The minimum absolute atomic E-state index is 0.485. The molecule has 130 valence electrons. The van der Waals surface area contributed by atoms with Gasteiger partial charge >= 0.3 is 0 Å². The number of hydrogen-bond acceptors (Lipinski definition) is 3. The van der Waals surface area contributed by atoms with Gasteiger partial charge in [-0.3, -0.25) is 4.40 Å². The molecular weight excluding hydrogens is 338 g/mol. The molecule has 1 aliphatic carbocycles. The summed E-state index contributed by atoms with van der Waals surface area (Å²) in [7, 11) is 0. The lowest BCUT2D eigenvalue weighted by atomic mass is 9.90. The van der Waals surface area contributed by atoms with Crippen molar-refractivity contribution < 1.29 is 0 Å². The molecular formula is C22H21N3S. The zero-order chi connectivity index (χ0) is 17.5. The van der Waals surface area contributed by atoms with Crippen LogP contribution < -0.4 is 5.73 Å². The number of nitrogens with zero attached hydrogens (tertiary/aromatic N) is 2. The molecule has 2 N–H and O–H groups in total.